The van der Waals surface area contributed by atoms with Crippen LogP contribution in [0.3, 0.4) is 0 Å². The first-order valence-electron chi connectivity index (χ1n) is 9.53. The monoisotopic (exact) mass is 420 g/mol. The second-order valence-corrected chi connectivity index (χ2v) is 8.21. The van der Waals surface area contributed by atoms with Gasteiger partial charge in [-0.3, -0.25) is 4.79 Å². The van der Waals surface area contributed by atoms with Crippen LogP contribution in [0.4, 0.5) is 5.00 Å². The van der Waals surface area contributed by atoms with E-state index in [1.807, 2.05) is 0 Å². The maximum atomic E-state index is 12.5. The van der Waals surface area contributed by atoms with E-state index in [0.29, 0.717) is 27.9 Å². The fraction of sp³-hybridized carbons (Fsp3) is 0.500. The number of fused-ring (bicyclic) bond motifs is 1. The number of aryl methyl sites for hydroxylation is 2. The van der Waals surface area contributed by atoms with Gasteiger partial charge in [-0.25, -0.2) is 9.59 Å². The molecule has 0 aromatic carbocycles. The second kappa shape index (κ2) is 8.77. The molecule has 1 amide bonds. The van der Waals surface area contributed by atoms with E-state index in [2.05, 4.69) is 17.4 Å². The van der Waals surface area contributed by atoms with Crippen molar-refractivity contribution in [3.05, 3.63) is 33.0 Å². The molecule has 0 bridgehead atoms. The van der Waals surface area contributed by atoms with Gasteiger partial charge >= 0.3 is 11.9 Å². The summed E-state index contributed by atoms with van der Waals surface area (Å²) in [7, 11) is 0. The molecule has 0 saturated carbocycles. The topological polar surface area (TPSA) is 108 Å². The number of nitrogens with zero attached hydrogens (tertiary/aromatic N) is 1. The molecule has 156 valence electrons. The second-order valence-electron chi connectivity index (χ2n) is 7.10. The molecular formula is C20H24N2O6S. The van der Waals surface area contributed by atoms with E-state index in [0.717, 1.165) is 29.7 Å². The molecule has 0 fully saturated rings. The zero-order valence-electron chi connectivity index (χ0n) is 16.9. The Hall–Kier alpha value is -2.68. The lowest BCUT2D eigenvalue weighted by Crippen LogP contribution is -2.22. The molecule has 3 rings (SSSR count). The highest BCUT2D eigenvalue weighted by Crippen LogP contribution is 2.40. The van der Waals surface area contributed by atoms with Crippen molar-refractivity contribution < 1.29 is 28.4 Å². The van der Waals surface area contributed by atoms with Crippen molar-refractivity contribution in [2.75, 3.05) is 18.5 Å². The first-order valence-corrected chi connectivity index (χ1v) is 10.3. The average Bonchev–Trinajstić information content (AvgIpc) is 3.18. The van der Waals surface area contributed by atoms with Gasteiger partial charge in [-0.05, 0) is 51.5 Å². The highest BCUT2D eigenvalue weighted by molar-refractivity contribution is 7.17. The number of nitrogens with one attached hydrogen (secondary N) is 1. The summed E-state index contributed by atoms with van der Waals surface area (Å²) >= 11 is 1.39. The van der Waals surface area contributed by atoms with Gasteiger partial charge in [0.15, 0.2) is 6.61 Å². The Balaban J connectivity index is 1.73. The molecule has 1 N–H and O–H groups in total. The lowest BCUT2D eigenvalue weighted by Gasteiger charge is -2.18. The summed E-state index contributed by atoms with van der Waals surface area (Å²) in [5.74, 6) is -0.792. The number of aromatic nitrogens is 1. The van der Waals surface area contributed by atoms with Gasteiger partial charge in [-0.15, -0.1) is 11.3 Å². The summed E-state index contributed by atoms with van der Waals surface area (Å²) in [6.45, 7) is 6.89. The van der Waals surface area contributed by atoms with Gasteiger partial charge in [-0.2, -0.15) is 0 Å². The summed E-state index contributed by atoms with van der Waals surface area (Å²) in [6, 6.07) is 0. The van der Waals surface area contributed by atoms with Crippen LogP contribution in [-0.4, -0.2) is 36.2 Å². The predicted octanol–water partition coefficient (Wildman–Crippen LogP) is 3.45. The minimum atomic E-state index is -0.679. The number of thiophene rings is 1. The van der Waals surface area contributed by atoms with E-state index in [9.17, 15) is 14.4 Å². The molecule has 0 spiro atoms. The van der Waals surface area contributed by atoms with Gasteiger partial charge in [0.05, 0.1) is 17.9 Å². The van der Waals surface area contributed by atoms with Crippen molar-refractivity contribution in [3.8, 4) is 0 Å². The average molecular weight is 420 g/mol. The number of ether oxygens (including phenoxy) is 2. The summed E-state index contributed by atoms with van der Waals surface area (Å²) in [5.41, 5.74) is 1.99. The Morgan fingerprint density at radius 2 is 1.93 bits per heavy atom. The molecular weight excluding hydrogens is 396 g/mol. The maximum absolute atomic E-state index is 12.5. The summed E-state index contributed by atoms with van der Waals surface area (Å²) in [4.78, 5) is 38.2. The first kappa shape index (κ1) is 21.0. The minimum absolute atomic E-state index is 0.214. The molecule has 2 aromatic rings. The molecule has 1 aliphatic rings. The normalized spacial score (nSPS) is 15.5. The van der Waals surface area contributed by atoms with Gasteiger partial charge in [0.25, 0.3) is 5.91 Å². The molecule has 0 radical (unpaired) electrons. The molecule has 2 heterocycles. The Morgan fingerprint density at radius 1 is 1.21 bits per heavy atom. The van der Waals surface area contributed by atoms with Crippen LogP contribution in [0.1, 0.15) is 62.9 Å². The Morgan fingerprint density at radius 3 is 2.59 bits per heavy atom. The third kappa shape index (κ3) is 4.50. The lowest BCUT2D eigenvalue weighted by atomic mass is 9.88. The fourth-order valence-electron chi connectivity index (χ4n) is 3.40. The quantitative estimate of drug-likeness (QED) is 0.713. The van der Waals surface area contributed by atoms with Crippen molar-refractivity contribution >= 4 is 34.2 Å². The number of amides is 1. The van der Waals surface area contributed by atoms with Crippen molar-refractivity contribution in [2.45, 2.75) is 47.0 Å². The fourth-order valence-corrected chi connectivity index (χ4v) is 4.81. The number of esters is 2. The van der Waals surface area contributed by atoms with Gasteiger partial charge in [0, 0.05) is 4.88 Å². The number of carbonyl (C=O) groups excluding carboxylic acids is 3. The van der Waals surface area contributed by atoms with E-state index in [4.69, 9.17) is 14.0 Å². The molecule has 0 aliphatic heterocycles. The number of rotatable bonds is 6. The maximum Gasteiger partial charge on any atom is 0.344 e. The zero-order valence-corrected chi connectivity index (χ0v) is 17.7. The van der Waals surface area contributed by atoms with Gasteiger partial charge in [0.2, 0.25) is 0 Å². The van der Waals surface area contributed by atoms with Crippen molar-refractivity contribution in [2.24, 2.45) is 5.92 Å². The number of anilines is 1. The Bertz CT molecular complexity index is 926. The molecule has 2 aromatic heterocycles. The highest BCUT2D eigenvalue weighted by Gasteiger charge is 2.29. The molecule has 0 unspecified atom stereocenters. The van der Waals surface area contributed by atoms with Gasteiger partial charge < -0.3 is 19.3 Å². The van der Waals surface area contributed by atoms with Crippen LogP contribution in [0.5, 0.6) is 0 Å². The summed E-state index contributed by atoms with van der Waals surface area (Å²) in [6.07, 6.45) is 2.62. The predicted molar refractivity (Wildman–Crippen MR) is 106 cm³/mol. The SMILES string of the molecule is CCOC(=O)c1c(NC(=O)COC(=O)c2c(C)noc2C)sc2c1CC[C@@H](C)C2. The number of hydrogen-bond donors (Lipinski definition) is 1. The van der Waals surface area contributed by atoms with Crippen LogP contribution in [0.15, 0.2) is 4.52 Å². The van der Waals surface area contributed by atoms with Crippen molar-refractivity contribution in [1.82, 2.24) is 5.16 Å². The van der Waals surface area contributed by atoms with Gasteiger partial charge in [0.1, 0.15) is 16.3 Å². The van der Waals surface area contributed by atoms with Crippen LogP contribution >= 0.6 is 11.3 Å². The first-order chi connectivity index (χ1) is 13.8. The van der Waals surface area contributed by atoms with Crippen LogP contribution in [0.25, 0.3) is 0 Å². The molecule has 8 nitrogen and oxygen atoms in total. The zero-order chi connectivity index (χ0) is 21.1. The summed E-state index contributed by atoms with van der Waals surface area (Å²) in [5, 5.41) is 6.86. The van der Waals surface area contributed by atoms with Crippen molar-refractivity contribution in [1.29, 1.82) is 0 Å². The molecule has 9 heteroatoms. The van der Waals surface area contributed by atoms with Crippen LogP contribution in [-0.2, 0) is 27.1 Å². The van der Waals surface area contributed by atoms with E-state index >= 15 is 0 Å². The van der Waals surface area contributed by atoms with Gasteiger partial charge in [-0.1, -0.05) is 12.1 Å². The highest BCUT2D eigenvalue weighted by atomic mass is 32.1. The third-order valence-corrected chi connectivity index (χ3v) is 5.99. The molecule has 0 saturated heterocycles. The summed E-state index contributed by atoms with van der Waals surface area (Å²) < 4.78 is 15.2. The molecule has 1 atom stereocenters. The Kier molecular flexibility index (Phi) is 6.36. The molecule has 1 aliphatic carbocycles. The molecule has 29 heavy (non-hydrogen) atoms. The largest absolute Gasteiger partial charge is 0.462 e. The van der Waals surface area contributed by atoms with Crippen LogP contribution < -0.4 is 5.32 Å². The van der Waals surface area contributed by atoms with E-state index in [1.54, 1.807) is 20.8 Å². The third-order valence-electron chi connectivity index (χ3n) is 4.82. The van der Waals surface area contributed by atoms with E-state index in [1.165, 1.54) is 11.3 Å². The standard InChI is InChI=1S/C20H24N2O6S/c1-5-26-20(25)17-13-7-6-10(2)8-14(13)29-18(17)21-15(23)9-27-19(24)16-11(3)22-28-12(16)4/h10H,5-9H2,1-4H3,(H,21,23)/t10-/m1/s1. The van der Waals surface area contributed by atoms with Crippen LogP contribution in [0.2, 0.25) is 0 Å². The number of hydrogen-bond acceptors (Lipinski definition) is 8. The number of carbonyl (C=O) groups is 3. The van der Waals surface area contributed by atoms with Crippen LogP contribution in [0, 0.1) is 19.8 Å². The Labute approximate surface area is 172 Å². The van der Waals surface area contributed by atoms with Crippen molar-refractivity contribution in [3.63, 3.8) is 0 Å². The lowest BCUT2D eigenvalue weighted by molar-refractivity contribution is -0.119. The minimum Gasteiger partial charge on any atom is -0.462 e. The van der Waals surface area contributed by atoms with E-state index in [-0.39, 0.29) is 12.2 Å². The smallest absolute Gasteiger partial charge is 0.344 e. The van der Waals surface area contributed by atoms with E-state index < -0.39 is 24.5 Å².